The predicted octanol–water partition coefficient (Wildman–Crippen LogP) is 3.27. The molecule has 27 heavy (non-hydrogen) atoms. The summed E-state index contributed by atoms with van der Waals surface area (Å²) in [5, 5.41) is 17.2. The molecule has 1 aromatic heterocycles. The molecule has 4 rings (SSSR count). The average Bonchev–Trinajstić information content (AvgIpc) is 3.15. The molecule has 1 atom stereocenters. The van der Waals surface area contributed by atoms with Gasteiger partial charge in [-0.15, -0.1) is 0 Å². The predicted molar refractivity (Wildman–Crippen MR) is 105 cm³/mol. The monoisotopic (exact) mass is 362 g/mol. The number of anilines is 1. The maximum Gasteiger partial charge on any atom is 0.226 e. The van der Waals surface area contributed by atoms with Crippen molar-refractivity contribution in [3.8, 4) is 5.75 Å². The Bertz CT molecular complexity index is 933. The number of hydrogen-bond acceptors (Lipinski definition) is 5. The largest absolute Gasteiger partial charge is 0.497 e. The fourth-order valence-corrected chi connectivity index (χ4v) is 3.21. The lowest BCUT2D eigenvalue weighted by Crippen LogP contribution is -2.20. The minimum absolute atomic E-state index is 0.0715. The number of allylic oxidation sites excluding steroid dienone is 1. The summed E-state index contributed by atoms with van der Waals surface area (Å²) in [5.74, 6) is 2.26. The molecule has 138 valence electrons. The molecule has 2 aromatic carbocycles. The van der Waals surface area contributed by atoms with Crippen LogP contribution in [-0.4, -0.2) is 33.6 Å². The van der Waals surface area contributed by atoms with Crippen molar-refractivity contribution in [2.24, 2.45) is 0 Å². The number of hydrogen-bond donors (Lipinski definition) is 2. The highest BCUT2D eigenvalue weighted by Gasteiger charge is 2.25. The molecule has 0 unspecified atom stereocenters. The number of nitrogens with one attached hydrogen (secondary N) is 1. The van der Waals surface area contributed by atoms with Gasteiger partial charge in [-0.05, 0) is 35.8 Å². The van der Waals surface area contributed by atoms with E-state index in [2.05, 4.69) is 33.6 Å². The number of fused-ring (bicyclic) bond motifs is 1. The van der Waals surface area contributed by atoms with E-state index in [0.717, 1.165) is 28.4 Å². The van der Waals surface area contributed by atoms with Gasteiger partial charge in [0.1, 0.15) is 11.8 Å². The lowest BCUT2D eigenvalue weighted by Gasteiger charge is -2.24. The van der Waals surface area contributed by atoms with Gasteiger partial charge in [-0.1, -0.05) is 42.5 Å². The molecule has 6 nitrogen and oxygen atoms in total. The van der Waals surface area contributed by atoms with E-state index >= 15 is 0 Å². The van der Waals surface area contributed by atoms with Gasteiger partial charge in [-0.25, -0.2) is 4.68 Å². The highest BCUT2D eigenvalue weighted by molar-refractivity contribution is 5.77. The maximum atomic E-state index is 9.10. The Morgan fingerprint density at radius 3 is 2.59 bits per heavy atom. The second-order valence-electron chi connectivity index (χ2n) is 6.41. The molecule has 2 heterocycles. The normalized spacial score (nSPS) is 15.6. The van der Waals surface area contributed by atoms with E-state index < -0.39 is 0 Å². The van der Waals surface area contributed by atoms with Crippen LogP contribution in [-0.2, 0) is 6.42 Å². The van der Waals surface area contributed by atoms with Gasteiger partial charge < -0.3 is 15.2 Å². The van der Waals surface area contributed by atoms with Crippen molar-refractivity contribution >= 4 is 11.6 Å². The second-order valence-corrected chi connectivity index (χ2v) is 6.41. The van der Waals surface area contributed by atoms with Gasteiger partial charge in [-0.3, -0.25) is 0 Å². The smallest absolute Gasteiger partial charge is 0.226 e. The molecule has 0 radical (unpaired) electrons. The summed E-state index contributed by atoms with van der Waals surface area (Å²) in [6.07, 6.45) is 3.46. The first-order valence-corrected chi connectivity index (χ1v) is 9.03. The third-order valence-electron chi connectivity index (χ3n) is 4.61. The second kappa shape index (κ2) is 7.63. The average molecular weight is 362 g/mol. The van der Waals surface area contributed by atoms with Crippen LogP contribution in [0.3, 0.4) is 0 Å². The number of nitrogens with zero attached hydrogens (tertiary/aromatic N) is 3. The van der Waals surface area contributed by atoms with Gasteiger partial charge in [0.15, 0.2) is 5.82 Å². The van der Waals surface area contributed by atoms with Crippen molar-refractivity contribution in [3.05, 3.63) is 77.6 Å². The first-order valence-electron chi connectivity index (χ1n) is 9.03. The lowest BCUT2D eigenvalue weighted by molar-refractivity contribution is 0.287. The molecule has 1 aliphatic rings. The lowest BCUT2D eigenvalue weighted by atomic mass is 10.0. The first-order chi connectivity index (χ1) is 13.3. The van der Waals surface area contributed by atoms with Crippen LogP contribution in [0, 0.1) is 0 Å². The van der Waals surface area contributed by atoms with Gasteiger partial charge in [0.25, 0.3) is 0 Å². The number of aliphatic hydroxyl groups excluding tert-OH is 1. The number of ether oxygens (including phenoxy) is 1. The molecule has 0 bridgehead atoms. The molecule has 1 aliphatic heterocycles. The fourth-order valence-electron chi connectivity index (χ4n) is 3.21. The van der Waals surface area contributed by atoms with E-state index in [-0.39, 0.29) is 12.6 Å². The van der Waals surface area contributed by atoms with Gasteiger partial charge in [0.2, 0.25) is 5.95 Å². The molecule has 0 amide bonds. The van der Waals surface area contributed by atoms with Gasteiger partial charge >= 0.3 is 0 Å². The third kappa shape index (κ3) is 3.57. The van der Waals surface area contributed by atoms with Gasteiger partial charge in [0, 0.05) is 18.7 Å². The van der Waals surface area contributed by atoms with E-state index in [9.17, 15) is 0 Å². The molecule has 3 aromatic rings. The summed E-state index contributed by atoms with van der Waals surface area (Å²) in [6, 6.07) is 18.1. The van der Waals surface area contributed by atoms with Crippen molar-refractivity contribution in [1.29, 1.82) is 0 Å². The zero-order valence-corrected chi connectivity index (χ0v) is 15.2. The highest BCUT2D eigenvalue weighted by atomic mass is 16.5. The molecule has 2 N–H and O–H groups in total. The number of aromatic nitrogens is 3. The molecule has 0 aliphatic carbocycles. The van der Waals surface area contributed by atoms with Crippen molar-refractivity contribution in [2.75, 3.05) is 19.0 Å². The van der Waals surface area contributed by atoms with Crippen molar-refractivity contribution in [2.45, 2.75) is 18.9 Å². The summed E-state index contributed by atoms with van der Waals surface area (Å²) in [5.41, 5.74) is 3.21. The van der Waals surface area contributed by atoms with Gasteiger partial charge in [-0.2, -0.15) is 10.1 Å². The topological polar surface area (TPSA) is 72.2 Å². The molecule has 6 heteroatoms. The van der Waals surface area contributed by atoms with Crippen LogP contribution in [0.25, 0.3) is 5.70 Å². The highest BCUT2D eigenvalue weighted by Crippen LogP contribution is 2.33. The molecule has 0 saturated carbocycles. The summed E-state index contributed by atoms with van der Waals surface area (Å²) in [6.45, 7) is 0.132. The van der Waals surface area contributed by atoms with Crippen LogP contribution < -0.4 is 10.1 Å². The molecule has 0 fully saturated rings. The minimum atomic E-state index is -0.0715. The first kappa shape index (κ1) is 17.3. The number of aryl methyl sites for hydroxylation is 1. The Morgan fingerprint density at radius 2 is 1.89 bits per heavy atom. The fraction of sp³-hybridized carbons (Fsp3) is 0.238. The SMILES string of the molecule is COc1ccc([C@H]2C=C(c3ccccc3)Nc3nc(CCCO)nn32)cc1. The molecule has 0 saturated heterocycles. The Hall–Kier alpha value is -3.12. The van der Waals surface area contributed by atoms with E-state index in [0.29, 0.717) is 18.8 Å². The maximum absolute atomic E-state index is 9.10. The quantitative estimate of drug-likeness (QED) is 0.704. The summed E-state index contributed by atoms with van der Waals surface area (Å²) in [4.78, 5) is 4.64. The molecular formula is C21H22N4O2. The van der Waals surface area contributed by atoms with Crippen molar-refractivity contribution < 1.29 is 9.84 Å². The van der Waals surface area contributed by atoms with Crippen LogP contribution in [0.2, 0.25) is 0 Å². The van der Waals surface area contributed by atoms with Crippen LogP contribution in [0.5, 0.6) is 5.75 Å². The molecule has 0 spiro atoms. The van der Waals surface area contributed by atoms with Crippen molar-refractivity contribution in [1.82, 2.24) is 14.8 Å². The van der Waals surface area contributed by atoms with Crippen molar-refractivity contribution in [3.63, 3.8) is 0 Å². The van der Waals surface area contributed by atoms with E-state index in [4.69, 9.17) is 9.84 Å². The number of aliphatic hydroxyl groups is 1. The Balaban J connectivity index is 1.75. The van der Waals surface area contributed by atoms with E-state index in [1.807, 2.05) is 47.1 Å². The zero-order valence-electron chi connectivity index (χ0n) is 15.2. The number of methoxy groups -OCH3 is 1. The van der Waals surface area contributed by atoms with Gasteiger partial charge in [0.05, 0.1) is 7.11 Å². The Kier molecular flexibility index (Phi) is 4.89. The Labute approximate surface area is 158 Å². The minimum Gasteiger partial charge on any atom is -0.497 e. The Morgan fingerprint density at radius 1 is 1.11 bits per heavy atom. The number of benzene rings is 2. The van der Waals surface area contributed by atoms with Crippen LogP contribution >= 0.6 is 0 Å². The van der Waals surface area contributed by atoms with Crippen LogP contribution in [0.4, 0.5) is 5.95 Å². The van der Waals surface area contributed by atoms with E-state index in [1.54, 1.807) is 7.11 Å². The van der Waals surface area contributed by atoms with Crippen LogP contribution in [0.1, 0.15) is 29.4 Å². The third-order valence-corrected chi connectivity index (χ3v) is 4.61. The molecular weight excluding hydrogens is 340 g/mol. The van der Waals surface area contributed by atoms with E-state index in [1.165, 1.54) is 0 Å². The zero-order chi connectivity index (χ0) is 18.6. The standard InChI is InChI=1S/C21H22N4O2/c1-27-17-11-9-16(10-12-17)19-14-18(15-6-3-2-4-7-15)22-21-23-20(8-5-13-26)24-25(19)21/h2-4,6-7,9-12,14,19,26H,5,8,13H2,1H3,(H,22,23,24)/t19-/m1/s1. The summed E-state index contributed by atoms with van der Waals surface area (Å²) >= 11 is 0. The summed E-state index contributed by atoms with van der Waals surface area (Å²) in [7, 11) is 1.66. The summed E-state index contributed by atoms with van der Waals surface area (Å²) < 4.78 is 7.18. The van der Waals surface area contributed by atoms with Crippen LogP contribution in [0.15, 0.2) is 60.7 Å². The number of rotatable bonds is 6.